The van der Waals surface area contributed by atoms with Gasteiger partial charge in [-0.3, -0.25) is 0 Å². The Morgan fingerprint density at radius 1 is 1.38 bits per heavy atom. The Morgan fingerprint density at radius 2 is 2.15 bits per heavy atom. The summed E-state index contributed by atoms with van der Waals surface area (Å²) < 4.78 is 0. The van der Waals surface area contributed by atoms with Gasteiger partial charge >= 0.3 is 0 Å². The van der Waals surface area contributed by atoms with Gasteiger partial charge in [-0.05, 0) is 31.6 Å². The number of hydrogen-bond donors (Lipinski definition) is 2. The van der Waals surface area contributed by atoms with Crippen molar-refractivity contribution in [3.8, 4) is 0 Å². The van der Waals surface area contributed by atoms with E-state index in [-0.39, 0.29) is 0 Å². The van der Waals surface area contributed by atoms with E-state index in [1.165, 1.54) is 18.6 Å². The molecule has 0 spiro atoms. The second-order valence-corrected chi connectivity index (χ2v) is 4.36. The van der Waals surface area contributed by atoms with Crippen LogP contribution in [-0.2, 0) is 0 Å². The second-order valence-electron chi connectivity index (χ2n) is 3.21. The molecule has 1 atom stereocenters. The van der Waals surface area contributed by atoms with Gasteiger partial charge in [0, 0.05) is 18.4 Å². The fourth-order valence-corrected chi connectivity index (χ4v) is 2.20. The van der Waals surface area contributed by atoms with Gasteiger partial charge in [0.2, 0.25) is 0 Å². The standard InChI is InChI=1S/C10H23NOS/c1-3-6-11-10(4-2)9-13-8-5-7-12/h10-12H,3-9H2,1-2H3. The summed E-state index contributed by atoms with van der Waals surface area (Å²) in [5, 5.41) is 12.1. The Kier molecular flexibility index (Phi) is 10.6. The van der Waals surface area contributed by atoms with E-state index in [0.717, 1.165) is 18.7 Å². The van der Waals surface area contributed by atoms with Crippen molar-refractivity contribution >= 4 is 11.8 Å². The van der Waals surface area contributed by atoms with E-state index in [0.29, 0.717) is 12.6 Å². The average Bonchev–Trinajstić information content (AvgIpc) is 2.17. The maximum absolute atomic E-state index is 8.60. The minimum Gasteiger partial charge on any atom is -0.396 e. The first kappa shape index (κ1) is 13.3. The van der Waals surface area contributed by atoms with E-state index in [4.69, 9.17) is 5.11 Å². The number of thioether (sulfide) groups is 1. The highest BCUT2D eigenvalue weighted by molar-refractivity contribution is 7.99. The largest absolute Gasteiger partial charge is 0.396 e. The molecular formula is C10H23NOS. The van der Waals surface area contributed by atoms with Crippen LogP contribution in [0.3, 0.4) is 0 Å². The first-order chi connectivity index (χ1) is 6.35. The van der Waals surface area contributed by atoms with Gasteiger partial charge in [0.15, 0.2) is 0 Å². The fourth-order valence-electron chi connectivity index (χ4n) is 1.06. The van der Waals surface area contributed by atoms with Gasteiger partial charge < -0.3 is 10.4 Å². The SMILES string of the molecule is CCCNC(CC)CSCCCO. The first-order valence-corrected chi connectivity index (χ1v) is 6.42. The predicted octanol–water partition coefficient (Wildman–Crippen LogP) is 1.88. The molecule has 0 bridgehead atoms. The van der Waals surface area contributed by atoms with Crippen molar-refractivity contribution in [1.29, 1.82) is 0 Å². The Labute approximate surface area is 86.5 Å². The molecule has 0 radical (unpaired) electrons. The number of nitrogens with one attached hydrogen (secondary N) is 1. The molecule has 0 aliphatic rings. The first-order valence-electron chi connectivity index (χ1n) is 5.27. The summed E-state index contributed by atoms with van der Waals surface area (Å²) in [5.41, 5.74) is 0. The number of rotatable bonds is 9. The molecule has 3 heteroatoms. The summed E-state index contributed by atoms with van der Waals surface area (Å²) in [6.45, 7) is 5.86. The Morgan fingerprint density at radius 3 is 2.69 bits per heavy atom. The van der Waals surface area contributed by atoms with Crippen LogP contribution in [0.25, 0.3) is 0 Å². The lowest BCUT2D eigenvalue weighted by Crippen LogP contribution is -2.31. The molecule has 0 saturated carbocycles. The zero-order valence-electron chi connectivity index (χ0n) is 8.88. The van der Waals surface area contributed by atoms with Crippen LogP contribution < -0.4 is 5.32 Å². The molecule has 2 N–H and O–H groups in total. The quantitative estimate of drug-likeness (QED) is 0.564. The van der Waals surface area contributed by atoms with Gasteiger partial charge in [-0.15, -0.1) is 0 Å². The lowest BCUT2D eigenvalue weighted by atomic mass is 10.2. The molecule has 0 heterocycles. The third-order valence-corrected chi connectivity index (χ3v) is 3.16. The molecule has 0 saturated heterocycles. The number of aliphatic hydroxyl groups is 1. The molecule has 80 valence electrons. The average molecular weight is 205 g/mol. The maximum Gasteiger partial charge on any atom is 0.0438 e. The lowest BCUT2D eigenvalue weighted by Gasteiger charge is -2.15. The molecule has 0 aromatic heterocycles. The molecule has 0 aliphatic carbocycles. The third kappa shape index (κ3) is 8.60. The van der Waals surface area contributed by atoms with Crippen LogP contribution in [-0.4, -0.2) is 35.8 Å². The molecular weight excluding hydrogens is 182 g/mol. The summed E-state index contributed by atoms with van der Waals surface area (Å²) in [4.78, 5) is 0. The molecule has 0 fully saturated rings. The minimum absolute atomic E-state index is 0.326. The van der Waals surface area contributed by atoms with Crippen LogP contribution in [0.1, 0.15) is 33.1 Å². The number of hydrogen-bond acceptors (Lipinski definition) is 3. The molecule has 0 aromatic carbocycles. The van der Waals surface area contributed by atoms with Crippen molar-refractivity contribution in [3.63, 3.8) is 0 Å². The molecule has 0 amide bonds. The van der Waals surface area contributed by atoms with Gasteiger partial charge in [-0.1, -0.05) is 13.8 Å². The van der Waals surface area contributed by atoms with Gasteiger partial charge in [0.25, 0.3) is 0 Å². The third-order valence-electron chi connectivity index (χ3n) is 1.94. The fraction of sp³-hybridized carbons (Fsp3) is 1.00. The molecule has 2 nitrogen and oxygen atoms in total. The van der Waals surface area contributed by atoms with Gasteiger partial charge in [-0.2, -0.15) is 11.8 Å². The van der Waals surface area contributed by atoms with Crippen LogP contribution in [0.4, 0.5) is 0 Å². The normalized spacial score (nSPS) is 13.2. The predicted molar refractivity (Wildman–Crippen MR) is 61.4 cm³/mol. The number of aliphatic hydroxyl groups excluding tert-OH is 1. The van der Waals surface area contributed by atoms with Crippen LogP contribution >= 0.6 is 11.8 Å². The summed E-state index contributed by atoms with van der Waals surface area (Å²) >= 11 is 1.94. The molecule has 0 rings (SSSR count). The molecule has 13 heavy (non-hydrogen) atoms. The van der Waals surface area contributed by atoms with Crippen molar-refractivity contribution in [2.45, 2.75) is 39.2 Å². The van der Waals surface area contributed by atoms with Crippen LogP contribution in [0, 0.1) is 0 Å². The minimum atomic E-state index is 0.326. The summed E-state index contributed by atoms with van der Waals surface area (Å²) in [5.74, 6) is 2.26. The van der Waals surface area contributed by atoms with E-state index in [2.05, 4.69) is 19.2 Å². The van der Waals surface area contributed by atoms with Gasteiger partial charge in [0.05, 0.1) is 0 Å². The van der Waals surface area contributed by atoms with Crippen molar-refractivity contribution in [2.24, 2.45) is 0 Å². The van der Waals surface area contributed by atoms with E-state index < -0.39 is 0 Å². The smallest absolute Gasteiger partial charge is 0.0438 e. The Bertz CT molecular complexity index is 101. The molecule has 0 aromatic rings. The van der Waals surface area contributed by atoms with Crippen molar-refractivity contribution < 1.29 is 5.11 Å². The zero-order chi connectivity index (χ0) is 9.94. The van der Waals surface area contributed by atoms with E-state index in [1.807, 2.05) is 11.8 Å². The highest BCUT2D eigenvalue weighted by atomic mass is 32.2. The monoisotopic (exact) mass is 205 g/mol. The van der Waals surface area contributed by atoms with Crippen molar-refractivity contribution in [1.82, 2.24) is 5.32 Å². The lowest BCUT2D eigenvalue weighted by molar-refractivity contribution is 0.296. The van der Waals surface area contributed by atoms with E-state index >= 15 is 0 Å². The van der Waals surface area contributed by atoms with Crippen molar-refractivity contribution in [3.05, 3.63) is 0 Å². The second kappa shape index (κ2) is 10.4. The Hall–Kier alpha value is 0.270. The topological polar surface area (TPSA) is 32.3 Å². The summed E-state index contributed by atoms with van der Waals surface area (Å²) in [7, 11) is 0. The highest BCUT2D eigenvalue weighted by Gasteiger charge is 2.03. The van der Waals surface area contributed by atoms with Crippen LogP contribution in [0.15, 0.2) is 0 Å². The highest BCUT2D eigenvalue weighted by Crippen LogP contribution is 2.06. The van der Waals surface area contributed by atoms with Crippen LogP contribution in [0.5, 0.6) is 0 Å². The maximum atomic E-state index is 8.60. The Balaban J connectivity index is 3.25. The van der Waals surface area contributed by atoms with E-state index in [9.17, 15) is 0 Å². The summed E-state index contributed by atoms with van der Waals surface area (Å²) in [6.07, 6.45) is 3.33. The summed E-state index contributed by atoms with van der Waals surface area (Å²) in [6, 6.07) is 0.656. The van der Waals surface area contributed by atoms with E-state index in [1.54, 1.807) is 0 Å². The molecule has 1 unspecified atom stereocenters. The van der Waals surface area contributed by atoms with Gasteiger partial charge in [-0.25, -0.2) is 0 Å². The van der Waals surface area contributed by atoms with Crippen LogP contribution in [0.2, 0.25) is 0 Å². The van der Waals surface area contributed by atoms with Crippen molar-refractivity contribution in [2.75, 3.05) is 24.7 Å². The molecule has 0 aliphatic heterocycles. The van der Waals surface area contributed by atoms with Gasteiger partial charge in [0.1, 0.15) is 0 Å². The zero-order valence-corrected chi connectivity index (χ0v) is 9.70.